The second-order valence-corrected chi connectivity index (χ2v) is 7.84. The number of hydrogen-bond donors (Lipinski definition) is 3. The van der Waals surface area contributed by atoms with Crippen molar-refractivity contribution in [3.63, 3.8) is 0 Å². The van der Waals surface area contributed by atoms with Crippen LogP contribution in [-0.2, 0) is 4.74 Å². The molecule has 0 bridgehead atoms. The van der Waals surface area contributed by atoms with E-state index in [4.69, 9.17) is 26.4 Å². The molecule has 0 aliphatic carbocycles. The first-order valence-electron chi connectivity index (χ1n) is 10.7. The van der Waals surface area contributed by atoms with E-state index in [-0.39, 0.29) is 0 Å². The van der Waals surface area contributed by atoms with E-state index in [0.29, 0.717) is 40.8 Å². The first kappa shape index (κ1) is 24.6. The summed E-state index contributed by atoms with van der Waals surface area (Å²) in [6.45, 7) is 8.54. The van der Waals surface area contributed by atoms with Crippen LogP contribution < -0.4 is 25.4 Å². The number of anilines is 2. The van der Waals surface area contributed by atoms with E-state index in [1.165, 1.54) is 0 Å². The summed E-state index contributed by atoms with van der Waals surface area (Å²) in [5.41, 5.74) is 2.39. The first-order chi connectivity index (χ1) is 16.0. The maximum atomic E-state index is 5.54. The number of hydrogen-bond acceptors (Lipinski definition) is 8. The molecular weight excluding hydrogens is 442 g/mol. The van der Waals surface area contributed by atoms with Crippen LogP contribution in [0.2, 0.25) is 0 Å². The minimum Gasteiger partial charge on any atom is -0.497 e. The molecule has 178 valence electrons. The zero-order valence-electron chi connectivity index (χ0n) is 19.5. The molecule has 1 aliphatic rings. The highest BCUT2D eigenvalue weighted by Gasteiger charge is 2.12. The van der Waals surface area contributed by atoms with Crippen molar-refractivity contribution >= 4 is 34.9 Å². The van der Waals surface area contributed by atoms with Gasteiger partial charge >= 0.3 is 0 Å². The SMILES string of the molecule is COc1ccc(OC)c(NC(=S)NC(=NCCN2CCOCC2)Nc2nc(C)cc(C)n2)c1. The number of morpholine rings is 1. The highest BCUT2D eigenvalue weighted by molar-refractivity contribution is 7.80. The lowest BCUT2D eigenvalue weighted by atomic mass is 10.2. The van der Waals surface area contributed by atoms with Gasteiger partial charge in [0.25, 0.3) is 0 Å². The van der Waals surface area contributed by atoms with Crippen molar-refractivity contribution in [1.29, 1.82) is 0 Å². The Hall–Kier alpha value is -3.02. The van der Waals surface area contributed by atoms with Crippen molar-refractivity contribution in [3.05, 3.63) is 35.7 Å². The molecule has 0 radical (unpaired) electrons. The lowest BCUT2D eigenvalue weighted by molar-refractivity contribution is 0.0394. The van der Waals surface area contributed by atoms with Gasteiger partial charge in [0.05, 0.1) is 39.7 Å². The quantitative estimate of drug-likeness (QED) is 0.315. The Labute approximate surface area is 199 Å². The lowest BCUT2D eigenvalue weighted by Crippen LogP contribution is -2.41. The van der Waals surface area contributed by atoms with Crippen LogP contribution in [0, 0.1) is 13.8 Å². The van der Waals surface area contributed by atoms with E-state index in [1.54, 1.807) is 14.2 Å². The molecule has 1 saturated heterocycles. The monoisotopic (exact) mass is 473 g/mol. The Morgan fingerprint density at radius 1 is 1.09 bits per heavy atom. The number of aryl methyl sites for hydroxylation is 2. The van der Waals surface area contributed by atoms with E-state index in [9.17, 15) is 0 Å². The fourth-order valence-electron chi connectivity index (χ4n) is 3.30. The zero-order valence-corrected chi connectivity index (χ0v) is 20.3. The van der Waals surface area contributed by atoms with Crippen LogP contribution in [0.4, 0.5) is 11.6 Å². The molecule has 10 nitrogen and oxygen atoms in total. The van der Waals surface area contributed by atoms with E-state index in [2.05, 4.69) is 35.8 Å². The number of nitrogens with one attached hydrogen (secondary N) is 3. The van der Waals surface area contributed by atoms with Gasteiger partial charge in [0.2, 0.25) is 11.9 Å². The summed E-state index contributed by atoms with van der Waals surface area (Å²) in [6.07, 6.45) is 0. The minimum atomic E-state index is 0.337. The smallest absolute Gasteiger partial charge is 0.229 e. The Morgan fingerprint density at radius 3 is 2.48 bits per heavy atom. The molecule has 3 rings (SSSR count). The van der Waals surface area contributed by atoms with Gasteiger partial charge in [0.1, 0.15) is 11.5 Å². The molecule has 2 heterocycles. The van der Waals surface area contributed by atoms with Gasteiger partial charge in [-0.2, -0.15) is 0 Å². The summed E-state index contributed by atoms with van der Waals surface area (Å²) in [7, 11) is 3.20. The highest BCUT2D eigenvalue weighted by Crippen LogP contribution is 2.28. The first-order valence-corrected chi connectivity index (χ1v) is 11.1. The van der Waals surface area contributed by atoms with E-state index in [1.807, 2.05) is 38.1 Å². The van der Waals surface area contributed by atoms with Gasteiger partial charge in [-0.05, 0) is 44.3 Å². The molecule has 33 heavy (non-hydrogen) atoms. The van der Waals surface area contributed by atoms with Gasteiger partial charge in [-0.15, -0.1) is 0 Å². The maximum absolute atomic E-state index is 5.54. The van der Waals surface area contributed by atoms with Gasteiger partial charge in [-0.3, -0.25) is 15.2 Å². The van der Waals surface area contributed by atoms with Crippen LogP contribution in [0.3, 0.4) is 0 Å². The third-order valence-electron chi connectivity index (χ3n) is 4.89. The predicted octanol–water partition coefficient (Wildman–Crippen LogP) is 2.20. The number of aliphatic imine (C=N–C) groups is 1. The largest absolute Gasteiger partial charge is 0.497 e. The Morgan fingerprint density at radius 2 is 1.82 bits per heavy atom. The molecule has 0 amide bonds. The van der Waals surface area contributed by atoms with E-state index < -0.39 is 0 Å². The van der Waals surface area contributed by atoms with Gasteiger partial charge in [-0.1, -0.05) is 0 Å². The van der Waals surface area contributed by atoms with Crippen LogP contribution in [0.1, 0.15) is 11.4 Å². The summed E-state index contributed by atoms with van der Waals surface area (Å²) < 4.78 is 16.1. The van der Waals surface area contributed by atoms with Gasteiger partial charge in [-0.25, -0.2) is 9.97 Å². The van der Waals surface area contributed by atoms with Crippen molar-refractivity contribution in [3.8, 4) is 11.5 Å². The fourth-order valence-corrected chi connectivity index (χ4v) is 3.51. The van der Waals surface area contributed by atoms with E-state index >= 15 is 0 Å². The molecule has 3 N–H and O–H groups in total. The van der Waals surface area contributed by atoms with Crippen LogP contribution in [0.5, 0.6) is 11.5 Å². The number of rotatable bonds is 7. The standard InChI is InChI=1S/C22H31N7O3S/c1-15-13-16(2)25-21(24-15)27-20(23-7-8-29-9-11-32-12-10-29)28-22(33)26-18-14-17(30-3)5-6-19(18)31-4/h5-6,13-14H,7-12H2,1-4H3,(H3,23,24,25,26,27,28,33). The Bertz CT molecular complexity index is 960. The van der Waals surface area contributed by atoms with Gasteiger partial charge in [0, 0.05) is 37.1 Å². The van der Waals surface area contributed by atoms with Crippen LogP contribution in [0.15, 0.2) is 29.3 Å². The number of ether oxygens (including phenoxy) is 3. The molecule has 2 aromatic rings. The van der Waals surface area contributed by atoms with Gasteiger partial charge < -0.3 is 24.8 Å². The molecule has 1 aromatic heterocycles. The number of nitrogens with zero attached hydrogens (tertiary/aromatic N) is 4. The summed E-state index contributed by atoms with van der Waals surface area (Å²) >= 11 is 5.54. The number of thiocarbonyl (C=S) groups is 1. The van der Waals surface area contributed by atoms with Crippen LogP contribution >= 0.6 is 12.2 Å². The third kappa shape index (κ3) is 7.81. The summed E-state index contributed by atoms with van der Waals surface area (Å²) in [5.74, 6) is 2.22. The molecule has 1 fully saturated rings. The minimum absolute atomic E-state index is 0.337. The maximum Gasteiger partial charge on any atom is 0.229 e. The molecule has 0 atom stereocenters. The molecular formula is C22H31N7O3S. The zero-order chi connectivity index (χ0) is 23.6. The molecule has 0 unspecified atom stereocenters. The number of guanidine groups is 1. The average Bonchev–Trinajstić information content (AvgIpc) is 2.79. The van der Waals surface area contributed by atoms with Crippen molar-refractivity contribution in [2.75, 3.05) is 64.2 Å². The van der Waals surface area contributed by atoms with Crippen molar-refractivity contribution < 1.29 is 14.2 Å². The highest BCUT2D eigenvalue weighted by atomic mass is 32.1. The Kier molecular flexibility index (Phi) is 9.16. The van der Waals surface area contributed by atoms with Gasteiger partial charge in [0.15, 0.2) is 5.11 Å². The van der Waals surface area contributed by atoms with Crippen molar-refractivity contribution in [2.45, 2.75) is 13.8 Å². The fraction of sp³-hybridized carbons (Fsp3) is 0.455. The Balaban J connectivity index is 1.72. The summed E-state index contributed by atoms with van der Waals surface area (Å²) in [4.78, 5) is 15.9. The van der Waals surface area contributed by atoms with E-state index in [0.717, 1.165) is 44.2 Å². The number of methoxy groups -OCH3 is 2. The number of benzene rings is 1. The van der Waals surface area contributed by atoms with Crippen molar-refractivity contribution in [1.82, 2.24) is 20.2 Å². The lowest BCUT2D eigenvalue weighted by Gasteiger charge is -2.25. The topological polar surface area (TPSA) is 105 Å². The predicted molar refractivity (Wildman–Crippen MR) is 134 cm³/mol. The molecule has 1 aliphatic heterocycles. The van der Waals surface area contributed by atoms with Crippen molar-refractivity contribution in [2.24, 2.45) is 4.99 Å². The summed E-state index contributed by atoms with van der Waals surface area (Å²) in [5, 5.41) is 9.75. The van der Waals surface area contributed by atoms with Crippen LogP contribution in [0.25, 0.3) is 0 Å². The third-order valence-corrected chi connectivity index (χ3v) is 5.09. The molecule has 0 saturated carbocycles. The number of aromatic nitrogens is 2. The normalized spacial score (nSPS) is 14.5. The van der Waals surface area contributed by atoms with Crippen LogP contribution in [-0.4, -0.2) is 79.6 Å². The average molecular weight is 474 g/mol. The molecule has 1 aromatic carbocycles. The molecule has 11 heteroatoms. The second-order valence-electron chi connectivity index (χ2n) is 7.43. The summed E-state index contributed by atoms with van der Waals surface area (Å²) in [6, 6.07) is 7.35. The second kappa shape index (κ2) is 12.3. The molecule has 0 spiro atoms.